The number of hydrogen-bond donors (Lipinski definition) is 0. The maximum Gasteiger partial charge on any atom is 0.234 e. The second kappa shape index (κ2) is 9.54. The molecule has 2 aliphatic rings. The first kappa shape index (κ1) is 25.1. The Kier molecular flexibility index (Phi) is 6.15. The Labute approximate surface area is 233 Å². The number of nitrogens with zero attached hydrogens (tertiary/aromatic N) is 4. The van der Waals surface area contributed by atoms with Crippen LogP contribution in [0.2, 0.25) is 0 Å². The molecule has 1 unspecified atom stereocenters. The van der Waals surface area contributed by atoms with E-state index in [1.807, 2.05) is 70.7 Å². The van der Waals surface area contributed by atoms with Gasteiger partial charge in [0.1, 0.15) is 0 Å². The summed E-state index contributed by atoms with van der Waals surface area (Å²) in [6, 6.07) is 37.1. The van der Waals surface area contributed by atoms with Crippen molar-refractivity contribution in [3.8, 4) is 0 Å². The van der Waals surface area contributed by atoms with Crippen LogP contribution in [0, 0.1) is 0 Å². The molecule has 0 saturated heterocycles. The van der Waals surface area contributed by atoms with Crippen molar-refractivity contribution >= 4 is 39.7 Å². The second-order valence-corrected chi connectivity index (χ2v) is 11.9. The fraction of sp³-hybridized carbons (Fsp3) is 0.182. The smallest absolute Gasteiger partial charge is 0.234 e. The van der Waals surface area contributed by atoms with Crippen LogP contribution in [0.25, 0.3) is 0 Å². The number of thioether (sulfide) groups is 1. The van der Waals surface area contributed by atoms with Crippen LogP contribution in [0.3, 0.4) is 0 Å². The highest BCUT2D eigenvalue weighted by Gasteiger charge is 2.55. The van der Waals surface area contributed by atoms with Gasteiger partial charge in [-0.15, -0.1) is 0 Å². The van der Waals surface area contributed by atoms with Gasteiger partial charge in [-0.3, -0.25) is 4.79 Å². The SMILES string of the molecule is CC(=O)C1=NN(c2ccccc2)C2(S1)c1ccccc1C(c1ccc(C(C)(C)C)cc1)=NN2c1ccccc1. The van der Waals surface area contributed by atoms with E-state index in [2.05, 4.69) is 69.3 Å². The van der Waals surface area contributed by atoms with Gasteiger partial charge in [-0.25, -0.2) is 10.0 Å². The fourth-order valence-electron chi connectivity index (χ4n) is 5.06. The number of para-hydroxylation sites is 2. The summed E-state index contributed by atoms with van der Waals surface area (Å²) in [5.41, 5.74) is 7.07. The molecular weight excluding hydrogens is 500 g/mol. The minimum atomic E-state index is -0.935. The Morgan fingerprint density at radius 2 is 1.26 bits per heavy atom. The number of hydrazone groups is 2. The van der Waals surface area contributed by atoms with E-state index in [0.717, 1.165) is 33.8 Å². The third-order valence-electron chi connectivity index (χ3n) is 7.06. The van der Waals surface area contributed by atoms with Crippen molar-refractivity contribution in [1.82, 2.24) is 0 Å². The Morgan fingerprint density at radius 3 is 1.82 bits per heavy atom. The normalized spacial score (nSPS) is 18.6. The predicted octanol–water partition coefficient (Wildman–Crippen LogP) is 7.52. The summed E-state index contributed by atoms with van der Waals surface area (Å²) in [5.74, 6) is -0.0733. The molecule has 4 aromatic rings. The molecule has 2 heterocycles. The van der Waals surface area contributed by atoms with Crippen LogP contribution in [0.5, 0.6) is 0 Å². The molecule has 2 aliphatic heterocycles. The summed E-state index contributed by atoms with van der Waals surface area (Å²) >= 11 is 1.44. The van der Waals surface area contributed by atoms with Crippen LogP contribution in [-0.2, 0) is 15.2 Å². The van der Waals surface area contributed by atoms with Gasteiger partial charge in [0.2, 0.25) is 4.99 Å². The zero-order valence-electron chi connectivity index (χ0n) is 22.5. The average molecular weight is 531 g/mol. The first-order valence-electron chi connectivity index (χ1n) is 13.1. The third-order valence-corrected chi connectivity index (χ3v) is 8.48. The number of fused-ring (bicyclic) bond motifs is 2. The summed E-state index contributed by atoms with van der Waals surface area (Å²) in [6.07, 6.45) is 0. The molecule has 1 spiro atoms. The first-order chi connectivity index (χ1) is 18.8. The topological polar surface area (TPSA) is 48.3 Å². The van der Waals surface area contributed by atoms with E-state index >= 15 is 0 Å². The first-order valence-corrected chi connectivity index (χ1v) is 13.9. The van der Waals surface area contributed by atoms with Gasteiger partial charge >= 0.3 is 0 Å². The second-order valence-electron chi connectivity index (χ2n) is 10.8. The lowest BCUT2D eigenvalue weighted by Gasteiger charge is -2.47. The quantitative estimate of drug-likeness (QED) is 0.274. The lowest BCUT2D eigenvalue weighted by atomic mass is 9.85. The number of Topliss-reactive ketones (excluding diaryl/α,β-unsaturated/α-hetero) is 1. The molecule has 0 aliphatic carbocycles. The van der Waals surface area contributed by atoms with Crippen molar-refractivity contribution in [2.24, 2.45) is 10.2 Å². The van der Waals surface area contributed by atoms with E-state index in [-0.39, 0.29) is 11.2 Å². The van der Waals surface area contributed by atoms with Gasteiger partial charge in [0, 0.05) is 23.6 Å². The molecule has 4 aromatic carbocycles. The van der Waals surface area contributed by atoms with Gasteiger partial charge in [-0.05, 0) is 47.0 Å². The maximum absolute atomic E-state index is 12.8. The largest absolute Gasteiger partial charge is 0.292 e. The summed E-state index contributed by atoms with van der Waals surface area (Å²) < 4.78 is 0. The number of ketones is 1. The Hall–Kier alpha value is -4.16. The zero-order chi connectivity index (χ0) is 27.2. The van der Waals surface area contributed by atoms with Crippen molar-refractivity contribution in [3.63, 3.8) is 0 Å². The van der Waals surface area contributed by atoms with Crippen molar-refractivity contribution in [2.75, 3.05) is 10.0 Å². The monoisotopic (exact) mass is 530 g/mol. The Morgan fingerprint density at radius 1 is 0.718 bits per heavy atom. The van der Waals surface area contributed by atoms with E-state index in [0.29, 0.717) is 5.04 Å². The molecule has 0 bridgehead atoms. The average Bonchev–Trinajstić information content (AvgIpc) is 3.35. The molecule has 0 N–H and O–H groups in total. The van der Waals surface area contributed by atoms with Crippen LogP contribution in [0.15, 0.2) is 119 Å². The summed E-state index contributed by atoms with van der Waals surface area (Å²) in [6.45, 7) is 8.23. The van der Waals surface area contributed by atoms with E-state index in [1.165, 1.54) is 17.3 Å². The number of hydrogen-bond acceptors (Lipinski definition) is 6. The minimum absolute atomic E-state index is 0.0576. The highest BCUT2D eigenvalue weighted by atomic mass is 32.2. The fourth-order valence-corrected chi connectivity index (χ4v) is 6.35. The maximum atomic E-state index is 12.8. The molecule has 0 saturated carbocycles. The van der Waals surface area contributed by atoms with Crippen LogP contribution in [0.1, 0.15) is 49.9 Å². The molecular formula is C33H30N4OS. The summed E-state index contributed by atoms with van der Waals surface area (Å²) in [5, 5.41) is 14.7. The number of carbonyl (C=O) groups excluding carboxylic acids is 1. The van der Waals surface area contributed by atoms with Crippen LogP contribution < -0.4 is 10.0 Å². The van der Waals surface area contributed by atoms with Gasteiger partial charge in [-0.2, -0.15) is 10.2 Å². The lowest BCUT2D eigenvalue weighted by Crippen LogP contribution is -2.54. The molecule has 0 amide bonds. The van der Waals surface area contributed by atoms with Gasteiger partial charge in [0.25, 0.3) is 0 Å². The van der Waals surface area contributed by atoms with E-state index in [1.54, 1.807) is 6.92 Å². The molecule has 1 atom stereocenters. The number of rotatable bonds is 4. The van der Waals surface area contributed by atoms with Gasteiger partial charge < -0.3 is 0 Å². The van der Waals surface area contributed by atoms with Crippen LogP contribution in [-0.4, -0.2) is 16.5 Å². The van der Waals surface area contributed by atoms with E-state index in [4.69, 9.17) is 10.2 Å². The molecule has 6 heteroatoms. The zero-order valence-corrected chi connectivity index (χ0v) is 23.3. The molecule has 6 rings (SSSR count). The van der Waals surface area contributed by atoms with E-state index < -0.39 is 4.99 Å². The number of carbonyl (C=O) groups is 1. The standard InChI is InChI=1S/C33H30N4OS/c1-23(38)31-35-37(27-15-9-6-10-16-27)33(39-31)29-18-12-11-17-28(29)30(34-36(33)26-13-7-5-8-14-26)24-19-21-25(22-20-24)32(2,3)4/h5-22H,1-4H3. The molecule has 194 valence electrons. The van der Waals surface area contributed by atoms with Crippen molar-refractivity contribution < 1.29 is 4.79 Å². The van der Waals surface area contributed by atoms with Gasteiger partial charge in [0.05, 0.1) is 17.1 Å². The number of benzene rings is 4. The van der Waals surface area contributed by atoms with Crippen molar-refractivity contribution in [1.29, 1.82) is 0 Å². The van der Waals surface area contributed by atoms with Crippen LogP contribution in [0.4, 0.5) is 11.4 Å². The molecule has 5 nitrogen and oxygen atoms in total. The van der Waals surface area contributed by atoms with Gasteiger partial charge in [-0.1, -0.05) is 106 Å². The van der Waals surface area contributed by atoms with Crippen molar-refractivity contribution in [3.05, 3.63) is 131 Å². The summed E-state index contributed by atoms with van der Waals surface area (Å²) in [7, 11) is 0. The summed E-state index contributed by atoms with van der Waals surface area (Å²) in [4.78, 5) is 11.8. The third kappa shape index (κ3) is 4.25. The molecule has 39 heavy (non-hydrogen) atoms. The predicted molar refractivity (Wildman–Crippen MR) is 162 cm³/mol. The highest BCUT2D eigenvalue weighted by Crippen LogP contribution is 2.55. The Balaban J connectivity index is 1.62. The number of anilines is 2. The minimum Gasteiger partial charge on any atom is -0.292 e. The molecule has 0 radical (unpaired) electrons. The molecule has 0 fully saturated rings. The van der Waals surface area contributed by atoms with Crippen molar-refractivity contribution in [2.45, 2.75) is 38.1 Å². The van der Waals surface area contributed by atoms with Gasteiger partial charge in [0.15, 0.2) is 10.8 Å². The van der Waals surface area contributed by atoms with Crippen LogP contribution >= 0.6 is 11.8 Å². The lowest BCUT2D eigenvalue weighted by molar-refractivity contribution is -0.110. The Bertz CT molecular complexity index is 1590. The highest BCUT2D eigenvalue weighted by molar-refractivity contribution is 8.17. The van der Waals surface area contributed by atoms with E-state index in [9.17, 15) is 4.79 Å². The molecule has 0 aromatic heterocycles.